The molecule has 0 spiro atoms. The molecule has 0 saturated carbocycles. The van der Waals surface area contributed by atoms with Crippen molar-refractivity contribution in [3.05, 3.63) is 41.4 Å². The molecule has 1 unspecified atom stereocenters. The lowest BCUT2D eigenvalue weighted by molar-refractivity contribution is -0.122. The van der Waals surface area contributed by atoms with Gasteiger partial charge in [0.2, 0.25) is 20.0 Å². The molecule has 2 aromatic rings. The van der Waals surface area contributed by atoms with Gasteiger partial charge in [-0.2, -0.15) is 4.31 Å². The molecule has 1 amide bonds. The van der Waals surface area contributed by atoms with Crippen LogP contribution in [0.4, 0.5) is 11.4 Å². The number of halogens is 1. The summed E-state index contributed by atoms with van der Waals surface area (Å²) in [5, 5.41) is 2.95. The predicted molar refractivity (Wildman–Crippen MR) is 128 cm³/mol. The Hall–Kier alpha value is -2.54. The third-order valence-corrected chi connectivity index (χ3v) is 8.89. The number of benzene rings is 2. The van der Waals surface area contributed by atoms with Gasteiger partial charge in [-0.3, -0.25) is 9.10 Å². The molecule has 2 aromatic carbocycles. The van der Waals surface area contributed by atoms with Gasteiger partial charge >= 0.3 is 0 Å². The lowest BCUT2D eigenvalue weighted by Crippen LogP contribution is -2.48. The van der Waals surface area contributed by atoms with E-state index in [1.54, 1.807) is 0 Å². The van der Waals surface area contributed by atoms with Gasteiger partial charge in [-0.1, -0.05) is 11.6 Å². The molecule has 184 valence electrons. The lowest BCUT2D eigenvalue weighted by Gasteiger charge is -2.34. The Morgan fingerprint density at radius 1 is 1.12 bits per heavy atom. The zero-order chi connectivity index (χ0) is 24.7. The number of ether oxygens (including phenoxy) is 2. The van der Waals surface area contributed by atoms with Crippen molar-refractivity contribution in [3.8, 4) is 11.5 Å². The van der Waals surface area contributed by atoms with E-state index in [-0.39, 0.29) is 34.3 Å². The number of rotatable bonds is 6. The molecule has 10 nitrogen and oxygen atoms in total. The fraction of sp³-hybridized carbons (Fsp3) is 0.381. The first kappa shape index (κ1) is 24.6. The van der Waals surface area contributed by atoms with Crippen LogP contribution in [-0.2, 0) is 24.8 Å². The molecular formula is C21H24ClN3O7S2. The first-order valence-electron chi connectivity index (χ1n) is 10.4. The molecule has 34 heavy (non-hydrogen) atoms. The van der Waals surface area contributed by atoms with Gasteiger partial charge in [-0.15, -0.1) is 0 Å². The van der Waals surface area contributed by atoms with E-state index in [1.807, 2.05) is 0 Å². The molecule has 0 radical (unpaired) electrons. The third kappa shape index (κ3) is 4.81. The molecule has 4 rings (SSSR count). The average Bonchev–Trinajstić information content (AvgIpc) is 3.33. The molecule has 1 atom stereocenters. The maximum Gasteiger partial charge on any atom is 0.267 e. The zero-order valence-electron chi connectivity index (χ0n) is 18.5. The van der Waals surface area contributed by atoms with Crippen molar-refractivity contribution in [2.75, 3.05) is 42.6 Å². The summed E-state index contributed by atoms with van der Waals surface area (Å²) in [7, 11) is -6.07. The van der Waals surface area contributed by atoms with Crippen LogP contribution in [0.3, 0.4) is 0 Å². The first-order chi connectivity index (χ1) is 16.0. The molecular weight excluding hydrogens is 506 g/mol. The molecule has 1 saturated heterocycles. The molecule has 0 aromatic heterocycles. The molecule has 2 aliphatic rings. The number of sulfonamides is 2. The molecule has 2 aliphatic heterocycles. The summed E-state index contributed by atoms with van der Waals surface area (Å²) in [6, 6.07) is 8.66. The number of methoxy groups -OCH3 is 1. The second-order valence-electron chi connectivity index (χ2n) is 7.98. The number of hydrogen-bond donors (Lipinski definition) is 1. The fourth-order valence-electron chi connectivity index (χ4n) is 3.91. The molecule has 2 heterocycles. The maximum atomic E-state index is 13.1. The lowest BCUT2D eigenvalue weighted by atomic mass is 10.2. The minimum absolute atomic E-state index is 0.0211. The summed E-state index contributed by atoms with van der Waals surface area (Å²) in [5.41, 5.74) is 0.361. The topological polar surface area (TPSA) is 122 Å². The number of hydrogen-bond acceptors (Lipinski definition) is 7. The van der Waals surface area contributed by atoms with E-state index in [4.69, 9.17) is 21.1 Å². The highest BCUT2D eigenvalue weighted by Crippen LogP contribution is 2.37. The highest BCUT2D eigenvalue weighted by molar-refractivity contribution is 7.92. The standard InChI is InChI=1S/C21H24ClN3O7S2/c1-31-18-8-6-15(34(29,30)24-9-3-4-10-24)12-16(18)23-21(26)20-13-25(33(2,27)28)17-11-14(22)5-7-19(17)32-20/h5-8,11-12,20H,3-4,9-10,13H2,1-2H3,(H,23,26). The van der Waals surface area contributed by atoms with Gasteiger partial charge in [0.25, 0.3) is 5.91 Å². The first-order valence-corrected chi connectivity index (χ1v) is 14.1. The summed E-state index contributed by atoms with van der Waals surface area (Å²) in [4.78, 5) is 13.1. The molecule has 0 aliphatic carbocycles. The Balaban J connectivity index is 1.63. The van der Waals surface area contributed by atoms with E-state index in [2.05, 4.69) is 5.32 Å². The van der Waals surface area contributed by atoms with Crippen LogP contribution < -0.4 is 19.1 Å². The van der Waals surface area contributed by atoms with Crippen molar-refractivity contribution in [3.63, 3.8) is 0 Å². The van der Waals surface area contributed by atoms with Crippen molar-refractivity contribution in [2.45, 2.75) is 23.8 Å². The molecule has 0 bridgehead atoms. The van der Waals surface area contributed by atoms with Crippen LogP contribution in [-0.4, -0.2) is 66.2 Å². The van der Waals surface area contributed by atoms with Gasteiger partial charge in [0.1, 0.15) is 11.5 Å². The normalized spacial score (nSPS) is 18.8. The van der Waals surface area contributed by atoms with Crippen LogP contribution in [0, 0.1) is 0 Å². The van der Waals surface area contributed by atoms with Crippen LogP contribution in [0.2, 0.25) is 5.02 Å². The Labute approximate surface area is 203 Å². The van der Waals surface area contributed by atoms with E-state index < -0.39 is 32.1 Å². The van der Waals surface area contributed by atoms with Crippen molar-refractivity contribution >= 4 is 48.9 Å². The minimum atomic E-state index is -3.74. The molecule has 1 fully saturated rings. The number of carbonyl (C=O) groups is 1. The molecule has 13 heteroatoms. The van der Waals surface area contributed by atoms with Crippen molar-refractivity contribution in [2.24, 2.45) is 0 Å². The largest absolute Gasteiger partial charge is 0.495 e. The van der Waals surface area contributed by atoms with E-state index in [0.717, 1.165) is 23.4 Å². The van der Waals surface area contributed by atoms with Crippen LogP contribution in [0.25, 0.3) is 0 Å². The van der Waals surface area contributed by atoms with Gasteiger partial charge in [0, 0.05) is 18.1 Å². The maximum absolute atomic E-state index is 13.1. The number of fused-ring (bicyclic) bond motifs is 1. The van der Waals surface area contributed by atoms with E-state index >= 15 is 0 Å². The predicted octanol–water partition coefficient (Wildman–Crippen LogP) is 2.30. The molecule has 1 N–H and O–H groups in total. The van der Waals surface area contributed by atoms with Gasteiger partial charge < -0.3 is 14.8 Å². The average molecular weight is 530 g/mol. The van der Waals surface area contributed by atoms with Crippen LogP contribution in [0.5, 0.6) is 11.5 Å². The SMILES string of the molecule is COc1ccc(S(=O)(=O)N2CCCC2)cc1NC(=O)C1CN(S(C)(=O)=O)c2cc(Cl)ccc2O1. The summed E-state index contributed by atoms with van der Waals surface area (Å²) in [6.45, 7) is 0.597. The Morgan fingerprint density at radius 3 is 2.47 bits per heavy atom. The van der Waals surface area contributed by atoms with E-state index in [9.17, 15) is 21.6 Å². The van der Waals surface area contributed by atoms with Gasteiger partial charge in [0.05, 0.1) is 36.2 Å². The Kier molecular flexibility index (Phi) is 6.69. The Morgan fingerprint density at radius 2 is 1.82 bits per heavy atom. The highest BCUT2D eigenvalue weighted by atomic mass is 35.5. The van der Waals surface area contributed by atoms with Crippen LogP contribution >= 0.6 is 11.6 Å². The van der Waals surface area contributed by atoms with Gasteiger partial charge in [0.15, 0.2) is 6.10 Å². The summed E-state index contributed by atoms with van der Waals surface area (Å²) < 4.78 is 64.1. The second-order valence-corrected chi connectivity index (χ2v) is 12.3. The van der Waals surface area contributed by atoms with Gasteiger partial charge in [-0.25, -0.2) is 16.8 Å². The smallest absolute Gasteiger partial charge is 0.267 e. The van der Waals surface area contributed by atoms with E-state index in [1.165, 1.54) is 47.8 Å². The van der Waals surface area contributed by atoms with Crippen LogP contribution in [0.1, 0.15) is 12.8 Å². The fourth-order valence-corrected chi connectivity index (χ4v) is 6.53. The highest BCUT2D eigenvalue weighted by Gasteiger charge is 2.36. The number of carbonyl (C=O) groups excluding carboxylic acids is 1. The quantitative estimate of drug-likeness (QED) is 0.609. The number of amides is 1. The Bertz CT molecular complexity index is 1330. The second kappa shape index (κ2) is 9.25. The minimum Gasteiger partial charge on any atom is -0.495 e. The van der Waals surface area contributed by atoms with Crippen LogP contribution in [0.15, 0.2) is 41.3 Å². The van der Waals surface area contributed by atoms with Crippen molar-refractivity contribution in [1.82, 2.24) is 4.31 Å². The summed E-state index contributed by atoms with van der Waals surface area (Å²) in [6.07, 6.45) is 1.41. The van der Waals surface area contributed by atoms with Crippen molar-refractivity contribution in [1.29, 1.82) is 0 Å². The summed E-state index contributed by atoms with van der Waals surface area (Å²) >= 11 is 6.01. The van der Waals surface area contributed by atoms with E-state index in [0.29, 0.717) is 18.1 Å². The van der Waals surface area contributed by atoms with Gasteiger partial charge in [-0.05, 0) is 49.2 Å². The van der Waals surface area contributed by atoms with Crippen molar-refractivity contribution < 1.29 is 31.1 Å². The summed E-state index contributed by atoms with van der Waals surface area (Å²) in [5.74, 6) is -0.237. The number of anilines is 2. The zero-order valence-corrected chi connectivity index (χ0v) is 20.9. The number of nitrogens with one attached hydrogen (secondary N) is 1. The monoisotopic (exact) mass is 529 g/mol. The third-order valence-electron chi connectivity index (χ3n) is 5.61. The number of nitrogens with zero attached hydrogens (tertiary/aromatic N) is 2.